The van der Waals surface area contributed by atoms with E-state index in [2.05, 4.69) is 56.9 Å². The molecular formula is C17H37N3O. The van der Waals surface area contributed by atoms with Crippen LogP contribution in [0.2, 0.25) is 0 Å². The molecule has 1 saturated heterocycles. The topological polar surface area (TPSA) is 27.7 Å². The van der Waals surface area contributed by atoms with Crippen molar-refractivity contribution < 1.29 is 4.74 Å². The normalized spacial score (nSPS) is 21.7. The highest BCUT2D eigenvalue weighted by atomic mass is 16.5. The summed E-state index contributed by atoms with van der Waals surface area (Å²) in [6.45, 7) is 13.5. The lowest BCUT2D eigenvalue weighted by atomic mass is 9.85. The molecule has 0 unspecified atom stereocenters. The third-order valence-corrected chi connectivity index (χ3v) is 5.31. The van der Waals surface area contributed by atoms with Crippen LogP contribution in [0.5, 0.6) is 0 Å². The van der Waals surface area contributed by atoms with E-state index in [-0.39, 0.29) is 5.60 Å². The largest absolute Gasteiger partial charge is 0.379 e. The van der Waals surface area contributed by atoms with Crippen LogP contribution < -0.4 is 5.32 Å². The third kappa shape index (κ3) is 5.51. The minimum absolute atomic E-state index is 0.0523. The molecule has 0 aromatic heterocycles. The highest BCUT2D eigenvalue weighted by Crippen LogP contribution is 2.27. The van der Waals surface area contributed by atoms with Gasteiger partial charge in [-0.25, -0.2) is 0 Å². The molecule has 1 aliphatic rings. The van der Waals surface area contributed by atoms with E-state index < -0.39 is 0 Å². The van der Waals surface area contributed by atoms with Crippen molar-refractivity contribution in [2.24, 2.45) is 0 Å². The predicted molar refractivity (Wildman–Crippen MR) is 90.9 cm³/mol. The van der Waals surface area contributed by atoms with Crippen LogP contribution in [-0.2, 0) is 4.74 Å². The molecule has 0 spiro atoms. The number of likely N-dealkylation sites (tertiary alicyclic amines) is 1. The molecule has 4 heteroatoms. The van der Waals surface area contributed by atoms with E-state index in [0.717, 1.165) is 13.0 Å². The van der Waals surface area contributed by atoms with Gasteiger partial charge in [0.05, 0.1) is 5.60 Å². The van der Waals surface area contributed by atoms with Gasteiger partial charge in [0.1, 0.15) is 0 Å². The van der Waals surface area contributed by atoms with E-state index in [0.29, 0.717) is 11.6 Å². The SMILES string of the molecule is CCN1CCC(CN[C@H](C)CC(C)(C)OC)(N(C)C)CC1. The number of nitrogens with one attached hydrogen (secondary N) is 1. The molecule has 0 aromatic rings. The molecule has 1 atom stereocenters. The lowest BCUT2D eigenvalue weighted by molar-refractivity contribution is 0.00505. The Balaban J connectivity index is 2.52. The Morgan fingerprint density at radius 3 is 2.29 bits per heavy atom. The van der Waals surface area contributed by atoms with Gasteiger partial charge in [-0.3, -0.25) is 0 Å². The molecule has 1 rings (SSSR count). The minimum Gasteiger partial charge on any atom is -0.379 e. The molecule has 0 aromatic carbocycles. The second kappa shape index (κ2) is 7.91. The van der Waals surface area contributed by atoms with Gasteiger partial charge in [-0.1, -0.05) is 6.92 Å². The first-order valence-corrected chi connectivity index (χ1v) is 8.43. The Bertz CT molecular complexity index is 296. The monoisotopic (exact) mass is 299 g/mol. The zero-order valence-electron chi connectivity index (χ0n) is 15.3. The summed E-state index contributed by atoms with van der Waals surface area (Å²) in [5.41, 5.74) is 0.250. The Labute approximate surface area is 132 Å². The fourth-order valence-electron chi connectivity index (χ4n) is 3.32. The molecule has 4 nitrogen and oxygen atoms in total. The zero-order chi connectivity index (χ0) is 16.1. The van der Waals surface area contributed by atoms with Crippen molar-refractivity contribution in [3.05, 3.63) is 0 Å². The average Bonchev–Trinajstić information content (AvgIpc) is 2.45. The zero-order valence-corrected chi connectivity index (χ0v) is 15.3. The first-order chi connectivity index (χ1) is 9.74. The molecule has 0 saturated carbocycles. The molecule has 1 aliphatic heterocycles. The molecule has 0 bridgehead atoms. The second-order valence-corrected chi connectivity index (χ2v) is 7.50. The molecule has 1 N–H and O–H groups in total. The Hall–Kier alpha value is -0.160. The first-order valence-electron chi connectivity index (χ1n) is 8.43. The molecule has 0 aliphatic carbocycles. The van der Waals surface area contributed by atoms with E-state index in [1.54, 1.807) is 7.11 Å². The summed E-state index contributed by atoms with van der Waals surface area (Å²) in [6.07, 6.45) is 3.54. The fourth-order valence-corrected chi connectivity index (χ4v) is 3.32. The number of methoxy groups -OCH3 is 1. The molecule has 0 amide bonds. The quantitative estimate of drug-likeness (QED) is 0.743. The van der Waals surface area contributed by atoms with Gasteiger partial charge in [0.2, 0.25) is 0 Å². The summed E-state index contributed by atoms with van der Waals surface area (Å²) in [5.74, 6) is 0. The minimum atomic E-state index is -0.0523. The molecule has 0 radical (unpaired) electrons. The summed E-state index contributed by atoms with van der Waals surface area (Å²) in [7, 11) is 6.26. The van der Waals surface area contributed by atoms with Gasteiger partial charge >= 0.3 is 0 Å². The lowest BCUT2D eigenvalue weighted by Gasteiger charge is -2.47. The van der Waals surface area contributed by atoms with Crippen molar-refractivity contribution >= 4 is 0 Å². The summed E-state index contributed by atoms with van der Waals surface area (Å²) in [4.78, 5) is 4.99. The summed E-state index contributed by atoms with van der Waals surface area (Å²) < 4.78 is 5.54. The first kappa shape index (κ1) is 18.9. The third-order valence-electron chi connectivity index (χ3n) is 5.31. The van der Waals surface area contributed by atoms with Crippen molar-refractivity contribution in [2.45, 2.75) is 64.1 Å². The second-order valence-electron chi connectivity index (χ2n) is 7.50. The van der Waals surface area contributed by atoms with Crippen LogP contribution in [-0.4, -0.2) is 74.4 Å². The van der Waals surface area contributed by atoms with Crippen molar-refractivity contribution in [3.8, 4) is 0 Å². The maximum Gasteiger partial charge on any atom is 0.0637 e. The summed E-state index contributed by atoms with van der Waals surface area (Å²) in [5, 5.41) is 3.76. The van der Waals surface area contributed by atoms with Crippen molar-refractivity contribution in [3.63, 3.8) is 0 Å². The van der Waals surface area contributed by atoms with Crippen LogP contribution in [0, 0.1) is 0 Å². The number of hydrogen-bond acceptors (Lipinski definition) is 4. The van der Waals surface area contributed by atoms with Gasteiger partial charge in [0.25, 0.3) is 0 Å². The predicted octanol–water partition coefficient (Wildman–Crippen LogP) is 2.20. The fraction of sp³-hybridized carbons (Fsp3) is 1.00. The molecular weight excluding hydrogens is 262 g/mol. The van der Waals surface area contributed by atoms with Gasteiger partial charge in [-0.15, -0.1) is 0 Å². The van der Waals surface area contributed by atoms with Gasteiger partial charge in [0, 0.05) is 25.2 Å². The van der Waals surface area contributed by atoms with E-state index in [9.17, 15) is 0 Å². The Morgan fingerprint density at radius 2 is 1.86 bits per heavy atom. The summed E-state index contributed by atoms with van der Waals surface area (Å²) in [6, 6.07) is 0.473. The van der Waals surface area contributed by atoms with E-state index in [4.69, 9.17) is 4.74 Å². The Morgan fingerprint density at radius 1 is 1.29 bits per heavy atom. The van der Waals surface area contributed by atoms with Crippen LogP contribution in [0.15, 0.2) is 0 Å². The van der Waals surface area contributed by atoms with Crippen molar-refractivity contribution in [1.82, 2.24) is 15.1 Å². The standard InChI is InChI=1S/C17H37N3O/c1-8-20-11-9-17(10-12-20,19(5)6)14-18-15(2)13-16(3,4)21-7/h15,18H,8-14H2,1-7H3/t15-/m1/s1. The van der Waals surface area contributed by atoms with Gasteiger partial charge < -0.3 is 19.9 Å². The number of nitrogens with zero attached hydrogens (tertiary/aromatic N) is 2. The van der Waals surface area contributed by atoms with Gasteiger partial charge in [-0.2, -0.15) is 0 Å². The lowest BCUT2D eigenvalue weighted by Crippen LogP contribution is -2.58. The van der Waals surface area contributed by atoms with Crippen LogP contribution in [0.1, 0.15) is 47.0 Å². The Kier molecular flexibility index (Phi) is 7.11. The van der Waals surface area contributed by atoms with Crippen LogP contribution in [0.3, 0.4) is 0 Å². The van der Waals surface area contributed by atoms with Crippen LogP contribution >= 0.6 is 0 Å². The van der Waals surface area contributed by atoms with Gasteiger partial charge in [0.15, 0.2) is 0 Å². The van der Waals surface area contributed by atoms with Crippen molar-refractivity contribution in [2.75, 3.05) is 47.4 Å². The van der Waals surface area contributed by atoms with Crippen LogP contribution in [0.4, 0.5) is 0 Å². The van der Waals surface area contributed by atoms with Crippen molar-refractivity contribution in [1.29, 1.82) is 0 Å². The molecule has 21 heavy (non-hydrogen) atoms. The van der Waals surface area contributed by atoms with Crippen LogP contribution in [0.25, 0.3) is 0 Å². The highest BCUT2D eigenvalue weighted by molar-refractivity contribution is 4.95. The molecule has 1 heterocycles. The highest BCUT2D eigenvalue weighted by Gasteiger charge is 2.36. The average molecular weight is 300 g/mol. The number of hydrogen-bond donors (Lipinski definition) is 1. The maximum atomic E-state index is 5.54. The van der Waals surface area contributed by atoms with E-state index in [1.165, 1.54) is 32.5 Å². The smallest absolute Gasteiger partial charge is 0.0637 e. The molecule has 1 fully saturated rings. The maximum absolute atomic E-state index is 5.54. The number of ether oxygens (including phenoxy) is 1. The van der Waals surface area contributed by atoms with Gasteiger partial charge in [-0.05, 0) is 73.8 Å². The number of rotatable bonds is 8. The number of likely N-dealkylation sites (N-methyl/N-ethyl adjacent to an activating group) is 1. The van der Waals surface area contributed by atoms with E-state index >= 15 is 0 Å². The summed E-state index contributed by atoms with van der Waals surface area (Å²) >= 11 is 0. The number of piperidine rings is 1. The molecule has 126 valence electrons. The van der Waals surface area contributed by atoms with E-state index in [1.807, 2.05) is 0 Å².